The Morgan fingerprint density at radius 1 is 0.919 bits per heavy atom. The molecule has 37 heavy (non-hydrogen) atoms. The van der Waals surface area contributed by atoms with E-state index < -0.39 is 0 Å². The molecule has 1 aromatic heterocycles. The SMILES string of the molecule is COc1ccc(-c2nn(-c3ccccc3)cc2C(=O)NC2CCN(Cc3cccc(OC)c3)CC2)cc1. The summed E-state index contributed by atoms with van der Waals surface area (Å²) in [5, 5.41) is 8.06. The van der Waals surface area contributed by atoms with Crippen LogP contribution < -0.4 is 14.8 Å². The first-order valence-electron chi connectivity index (χ1n) is 12.6. The fourth-order valence-electron chi connectivity index (χ4n) is 4.74. The number of nitrogens with zero attached hydrogens (tertiary/aromatic N) is 3. The number of amides is 1. The highest BCUT2D eigenvalue weighted by Crippen LogP contribution is 2.26. The molecule has 0 bridgehead atoms. The molecule has 1 saturated heterocycles. The van der Waals surface area contributed by atoms with Crippen LogP contribution in [-0.2, 0) is 6.54 Å². The Hall–Kier alpha value is -4.10. The van der Waals surface area contributed by atoms with Gasteiger partial charge >= 0.3 is 0 Å². The largest absolute Gasteiger partial charge is 0.497 e. The minimum atomic E-state index is -0.0979. The summed E-state index contributed by atoms with van der Waals surface area (Å²) in [5.74, 6) is 1.54. The van der Waals surface area contributed by atoms with Gasteiger partial charge < -0.3 is 14.8 Å². The number of hydrogen-bond donors (Lipinski definition) is 1. The third-order valence-electron chi connectivity index (χ3n) is 6.81. The normalized spacial score (nSPS) is 14.3. The van der Waals surface area contributed by atoms with Gasteiger partial charge in [-0.25, -0.2) is 4.68 Å². The van der Waals surface area contributed by atoms with Crippen molar-refractivity contribution in [2.45, 2.75) is 25.4 Å². The van der Waals surface area contributed by atoms with E-state index in [-0.39, 0.29) is 11.9 Å². The lowest BCUT2D eigenvalue weighted by Gasteiger charge is -2.32. The summed E-state index contributed by atoms with van der Waals surface area (Å²) >= 11 is 0. The Labute approximate surface area is 217 Å². The van der Waals surface area contributed by atoms with Crippen LogP contribution in [0.4, 0.5) is 0 Å². The zero-order valence-electron chi connectivity index (χ0n) is 21.3. The smallest absolute Gasteiger partial charge is 0.255 e. The molecule has 0 radical (unpaired) electrons. The standard InChI is InChI=1S/C30H32N4O3/c1-36-26-13-11-23(12-14-26)29-28(21-34(32-29)25-8-4-3-5-9-25)30(35)31-24-15-17-33(18-16-24)20-22-7-6-10-27(19-22)37-2/h3-14,19,21,24H,15-18,20H2,1-2H3,(H,31,35). The van der Waals surface area contributed by atoms with Crippen molar-refractivity contribution in [3.63, 3.8) is 0 Å². The van der Waals surface area contributed by atoms with Crippen LogP contribution >= 0.6 is 0 Å². The van der Waals surface area contributed by atoms with E-state index in [9.17, 15) is 4.79 Å². The second kappa shape index (κ2) is 11.3. The number of carbonyl (C=O) groups excluding carboxylic acids is 1. The van der Waals surface area contributed by atoms with E-state index in [4.69, 9.17) is 14.6 Å². The number of para-hydroxylation sites is 1. The average Bonchev–Trinajstić information content (AvgIpc) is 3.41. The number of likely N-dealkylation sites (tertiary alicyclic amines) is 1. The van der Waals surface area contributed by atoms with Crippen LogP contribution in [0.1, 0.15) is 28.8 Å². The predicted octanol–water partition coefficient (Wildman–Crippen LogP) is 4.95. The molecule has 3 aromatic carbocycles. The molecule has 0 aliphatic carbocycles. The summed E-state index contributed by atoms with van der Waals surface area (Å²) in [4.78, 5) is 15.9. The van der Waals surface area contributed by atoms with Crippen molar-refractivity contribution in [2.75, 3.05) is 27.3 Å². The number of benzene rings is 3. The number of aromatic nitrogens is 2. The monoisotopic (exact) mass is 496 g/mol. The van der Waals surface area contributed by atoms with Gasteiger partial charge in [-0.3, -0.25) is 9.69 Å². The zero-order chi connectivity index (χ0) is 25.6. The fraction of sp³-hybridized carbons (Fsp3) is 0.267. The maximum Gasteiger partial charge on any atom is 0.255 e. The average molecular weight is 497 g/mol. The van der Waals surface area contributed by atoms with Crippen LogP contribution in [0.2, 0.25) is 0 Å². The summed E-state index contributed by atoms with van der Waals surface area (Å²) in [6, 6.07) is 25.8. The molecule has 1 aliphatic rings. The first-order chi connectivity index (χ1) is 18.1. The summed E-state index contributed by atoms with van der Waals surface area (Å²) < 4.78 is 12.4. The molecule has 7 nitrogen and oxygen atoms in total. The lowest BCUT2D eigenvalue weighted by atomic mass is 10.0. The molecule has 0 atom stereocenters. The lowest BCUT2D eigenvalue weighted by molar-refractivity contribution is 0.0909. The van der Waals surface area contributed by atoms with Crippen molar-refractivity contribution in [2.24, 2.45) is 0 Å². The van der Waals surface area contributed by atoms with Crippen molar-refractivity contribution < 1.29 is 14.3 Å². The van der Waals surface area contributed by atoms with Gasteiger partial charge in [0.05, 0.1) is 25.5 Å². The molecule has 2 heterocycles. The molecule has 1 N–H and O–H groups in total. The Balaban J connectivity index is 1.29. The second-order valence-electron chi connectivity index (χ2n) is 9.28. The van der Waals surface area contributed by atoms with Gasteiger partial charge in [-0.05, 0) is 66.9 Å². The molecule has 1 aliphatic heterocycles. The van der Waals surface area contributed by atoms with Crippen LogP contribution in [0.5, 0.6) is 11.5 Å². The van der Waals surface area contributed by atoms with Gasteiger partial charge in [0.2, 0.25) is 0 Å². The number of rotatable bonds is 8. The summed E-state index contributed by atoms with van der Waals surface area (Å²) in [7, 11) is 3.33. The van der Waals surface area contributed by atoms with Gasteiger partial charge in [-0.15, -0.1) is 0 Å². The van der Waals surface area contributed by atoms with E-state index in [2.05, 4.69) is 22.3 Å². The molecule has 1 amide bonds. The van der Waals surface area contributed by atoms with Crippen LogP contribution in [0.3, 0.4) is 0 Å². The molecule has 190 valence electrons. The number of carbonyl (C=O) groups is 1. The number of ether oxygens (including phenoxy) is 2. The topological polar surface area (TPSA) is 68.6 Å². The van der Waals surface area contributed by atoms with Crippen LogP contribution in [0, 0.1) is 0 Å². The lowest BCUT2D eigenvalue weighted by Crippen LogP contribution is -2.44. The van der Waals surface area contributed by atoms with Crippen molar-refractivity contribution >= 4 is 5.91 Å². The third-order valence-corrected chi connectivity index (χ3v) is 6.81. The maximum atomic E-state index is 13.5. The Kier molecular flexibility index (Phi) is 7.51. The van der Waals surface area contributed by atoms with Crippen LogP contribution in [0.15, 0.2) is 85.1 Å². The molecular formula is C30H32N4O3. The molecule has 0 unspecified atom stereocenters. The quantitative estimate of drug-likeness (QED) is 0.374. The number of nitrogens with one attached hydrogen (secondary N) is 1. The Morgan fingerprint density at radius 3 is 2.35 bits per heavy atom. The molecule has 0 spiro atoms. The molecule has 5 rings (SSSR count). The van der Waals surface area contributed by atoms with Gasteiger partial charge in [0.25, 0.3) is 5.91 Å². The van der Waals surface area contributed by atoms with Gasteiger partial charge in [0.1, 0.15) is 17.2 Å². The second-order valence-corrected chi connectivity index (χ2v) is 9.28. The van der Waals surface area contributed by atoms with Crippen molar-refractivity contribution in [1.82, 2.24) is 20.0 Å². The summed E-state index contributed by atoms with van der Waals surface area (Å²) in [5.41, 5.74) is 4.22. The van der Waals surface area contributed by atoms with Crippen LogP contribution in [0.25, 0.3) is 16.9 Å². The number of hydrogen-bond acceptors (Lipinski definition) is 5. The highest BCUT2D eigenvalue weighted by atomic mass is 16.5. The van der Waals surface area contributed by atoms with Gasteiger partial charge in [-0.2, -0.15) is 5.10 Å². The maximum absolute atomic E-state index is 13.5. The van der Waals surface area contributed by atoms with E-state index in [0.29, 0.717) is 11.3 Å². The van der Waals surface area contributed by atoms with Gasteiger partial charge in [0, 0.05) is 37.4 Å². The predicted molar refractivity (Wildman–Crippen MR) is 144 cm³/mol. The minimum absolute atomic E-state index is 0.0979. The van der Waals surface area contributed by atoms with Gasteiger partial charge in [0.15, 0.2) is 0 Å². The minimum Gasteiger partial charge on any atom is -0.497 e. The summed E-state index contributed by atoms with van der Waals surface area (Å²) in [6.45, 7) is 2.73. The highest BCUT2D eigenvalue weighted by Gasteiger charge is 2.24. The molecule has 0 saturated carbocycles. The van der Waals surface area contributed by atoms with E-state index in [0.717, 1.165) is 55.2 Å². The highest BCUT2D eigenvalue weighted by molar-refractivity contribution is 6.00. The Morgan fingerprint density at radius 2 is 1.65 bits per heavy atom. The van der Waals surface area contributed by atoms with Crippen molar-refractivity contribution in [3.05, 3.63) is 96.2 Å². The number of piperidine rings is 1. The molecular weight excluding hydrogens is 464 g/mol. The number of methoxy groups -OCH3 is 2. The van der Waals surface area contributed by atoms with Crippen LogP contribution in [-0.4, -0.2) is 53.9 Å². The van der Waals surface area contributed by atoms with Crippen molar-refractivity contribution in [3.8, 4) is 28.4 Å². The molecule has 4 aromatic rings. The van der Waals surface area contributed by atoms with E-state index in [1.165, 1.54) is 5.56 Å². The van der Waals surface area contributed by atoms with E-state index in [1.807, 2.05) is 72.9 Å². The van der Waals surface area contributed by atoms with Gasteiger partial charge in [-0.1, -0.05) is 30.3 Å². The Bertz CT molecular complexity index is 1330. The van der Waals surface area contributed by atoms with E-state index >= 15 is 0 Å². The first-order valence-corrected chi connectivity index (χ1v) is 12.6. The first kappa shape index (κ1) is 24.6. The third kappa shape index (κ3) is 5.84. The van der Waals surface area contributed by atoms with E-state index in [1.54, 1.807) is 18.9 Å². The molecule has 1 fully saturated rings. The molecule has 7 heteroatoms. The van der Waals surface area contributed by atoms with Crippen molar-refractivity contribution in [1.29, 1.82) is 0 Å². The summed E-state index contributed by atoms with van der Waals surface area (Å²) in [6.07, 6.45) is 3.63. The fourth-order valence-corrected chi connectivity index (χ4v) is 4.74. The zero-order valence-corrected chi connectivity index (χ0v) is 21.3.